The number of benzene rings is 1. The van der Waals surface area contributed by atoms with E-state index < -0.39 is 0 Å². The predicted molar refractivity (Wildman–Crippen MR) is 73.5 cm³/mol. The van der Waals surface area contributed by atoms with E-state index in [2.05, 4.69) is 40.9 Å². The van der Waals surface area contributed by atoms with Gasteiger partial charge in [0.15, 0.2) is 0 Å². The molecule has 0 bridgehead atoms. The molecule has 17 heavy (non-hydrogen) atoms. The Hall–Kier alpha value is -1.32. The molecule has 0 atom stereocenters. The van der Waals surface area contributed by atoms with Gasteiger partial charge in [-0.3, -0.25) is 0 Å². The first-order chi connectivity index (χ1) is 8.20. The van der Waals surface area contributed by atoms with Crippen LogP contribution in [0.2, 0.25) is 0 Å². The van der Waals surface area contributed by atoms with E-state index in [1.165, 1.54) is 11.1 Å². The first kappa shape index (κ1) is 12.1. The zero-order valence-corrected chi connectivity index (χ0v) is 11.0. The molecule has 0 spiro atoms. The SMILES string of the molecule is Cc1ccc(N(C)Cc2ccsc2)c(CO)c1. The van der Waals surface area contributed by atoms with Crippen LogP contribution in [0.1, 0.15) is 16.7 Å². The van der Waals surface area contributed by atoms with Crippen LogP contribution in [0.15, 0.2) is 35.0 Å². The number of aryl methyl sites for hydroxylation is 1. The van der Waals surface area contributed by atoms with Gasteiger partial charge in [0, 0.05) is 24.8 Å². The van der Waals surface area contributed by atoms with E-state index in [4.69, 9.17) is 0 Å². The maximum Gasteiger partial charge on any atom is 0.0702 e. The summed E-state index contributed by atoms with van der Waals surface area (Å²) in [5.41, 5.74) is 4.58. The third-order valence-electron chi connectivity index (χ3n) is 2.82. The van der Waals surface area contributed by atoms with Crippen LogP contribution in [0.25, 0.3) is 0 Å². The highest BCUT2D eigenvalue weighted by atomic mass is 32.1. The summed E-state index contributed by atoms with van der Waals surface area (Å²) in [7, 11) is 2.06. The zero-order valence-electron chi connectivity index (χ0n) is 10.2. The molecule has 0 aliphatic carbocycles. The second-order valence-electron chi connectivity index (χ2n) is 4.28. The standard InChI is InChI=1S/C14H17NOS/c1-11-3-4-14(13(7-11)9-16)15(2)8-12-5-6-17-10-12/h3-7,10,16H,8-9H2,1-2H3. The molecule has 90 valence electrons. The van der Waals surface area contributed by atoms with Gasteiger partial charge in [0.1, 0.15) is 0 Å². The molecule has 0 aliphatic rings. The molecule has 2 rings (SSSR count). The highest BCUT2D eigenvalue weighted by Gasteiger charge is 2.07. The Morgan fingerprint density at radius 2 is 2.12 bits per heavy atom. The minimum absolute atomic E-state index is 0.0883. The monoisotopic (exact) mass is 247 g/mol. The van der Waals surface area contributed by atoms with Crippen molar-refractivity contribution in [2.45, 2.75) is 20.1 Å². The quantitative estimate of drug-likeness (QED) is 0.897. The molecule has 0 saturated carbocycles. The van der Waals surface area contributed by atoms with Crippen molar-refractivity contribution in [3.63, 3.8) is 0 Å². The molecular formula is C14H17NOS. The Labute approximate surface area is 106 Å². The number of nitrogens with zero attached hydrogens (tertiary/aromatic N) is 1. The van der Waals surface area contributed by atoms with Crippen LogP contribution in [-0.4, -0.2) is 12.2 Å². The summed E-state index contributed by atoms with van der Waals surface area (Å²) in [5.74, 6) is 0. The fourth-order valence-corrected chi connectivity index (χ4v) is 2.61. The average Bonchev–Trinajstić information content (AvgIpc) is 2.81. The lowest BCUT2D eigenvalue weighted by Crippen LogP contribution is -2.17. The van der Waals surface area contributed by atoms with Gasteiger partial charge in [-0.25, -0.2) is 0 Å². The lowest BCUT2D eigenvalue weighted by Gasteiger charge is -2.22. The molecule has 2 aromatic rings. The van der Waals surface area contributed by atoms with Crippen LogP contribution in [0, 0.1) is 6.92 Å². The van der Waals surface area contributed by atoms with Crippen LogP contribution in [0.5, 0.6) is 0 Å². The molecule has 1 heterocycles. The molecule has 1 aromatic heterocycles. The third kappa shape index (κ3) is 2.87. The topological polar surface area (TPSA) is 23.5 Å². The number of aliphatic hydroxyl groups is 1. The number of rotatable bonds is 4. The lowest BCUT2D eigenvalue weighted by atomic mass is 10.1. The summed E-state index contributed by atoms with van der Waals surface area (Å²) in [6, 6.07) is 8.33. The second-order valence-corrected chi connectivity index (χ2v) is 5.06. The smallest absolute Gasteiger partial charge is 0.0702 e. The number of aliphatic hydroxyl groups excluding tert-OH is 1. The van der Waals surface area contributed by atoms with Crippen molar-refractivity contribution in [2.75, 3.05) is 11.9 Å². The number of hydrogen-bond donors (Lipinski definition) is 1. The van der Waals surface area contributed by atoms with Crippen molar-refractivity contribution in [3.8, 4) is 0 Å². The first-order valence-corrected chi connectivity index (χ1v) is 6.57. The van der Waals surface area contributed by atoms with Crippen molar-refractivity contribution in [1.29, 1.82) is 0 Å². The summed E-state index contributed by atoms with van der Waals surface area (Å²) < 4.78 is 0. The molecule has 1 aromatic carbocycles. The van der Waals surface area contributed by atoms with Gasteiger partial charge in [0.25, 0.3) is 0 Å². The van der Waals surface area contributed by atoms with Crippen LogP contribution >= 0.6 is 11.3 Å². The van der Waals surface area contributed by atoms with Gasteiger partial charge in [0.2, 0.25) is 0 Å². The van der Waals surface area contributed by atoms with Crippen molar-refractivity contribution in [3.05, 3.63) is 51.7 Å². The van der Waals surface area contributed by atoms with Crippen LogP contribution in [0.4, 0.5) is 5.69 Å². The van der Waals surface area contributed by atoms with Crippen molar-refractivity contribution < 1.29 is 5.11 Å². The second kappa shape index (κ2) is 5.34. The normalized spacial score (nSPS) is 10.5. The Morgan fingerprint density at radius 1 is 1.29 bits per heavy atom. The lowest BCUT2D eigenvalue weighted by molar-refractivity contribution is 0.282. The van der Waals surface area contributed by atoms with E-state index in [-0.39, 0.29) is 6.61 Å². The molecular weight excluding hydrogens is 230 g/mol. The van der Waals surface area contributed by atoms with E-state index in [1.54, 1.807) is 11.3 Å². The summed E-state index contributed by atoms with van der Waals surface area (Å²) in [4.78, 5) is 2.17. The number of anilines is 1. The largest absolute Gasteiger partial charge is 0.392 e. The van der Waals surface area contributed by atoms with Gasteiger partial charge in [-0.2, -0.15) is 11.3 Å². The average molecular weight is 247 g/mol. The third-order valence-corrected chi connectivity index (χ3v) is 3.55. The van der Waals surface area contributed by atoms with Gasteiger partial charge in [0.05, 0.1) is 6.61 Å². The summed E-state index contributed by atoms with van der Waals surface area (Å²) in [5, 5.41) is 13.6. The van der Waals surface area contributed by atoms with Crippen molar-refractivity contribution >= 4 is 17.0 Å². The number of thiophene rings is 1. The molecule has 0 aliphatic heterocycles. The maximum absolute atomic E-state index is 9.39. The first-order valence-electron chi connectivity index (χ1n) is 5.63. The van der Waals surface area contributed by atoms with E-state index in [1.807, 2.05) is 13.0 Å². The Morgan fingerprint density at radius 3 is 2.76 bits per heavy atom. The highest BCUT2D eigenvalue weighted by molar-refractivity contribution is 7.07. The van der Waals surface area contributed by atoms with E-state index in [0.29, 0.717) is 0 Å². The summed E-state index contributed by atoms with van der Waals surface area (Å²) in [6.07, 6.45) is 0. The molecule has 2 nitrogen and oxygen atoms in total. The van der Waals surface area contributed by atoms with Gasteiger partial charge in [-0.15, -0.1) is 0 Å². The maximum atomic E-state index is 9.39. The Kier molecular flexibility index (Phi) is 3.82. The molecule has 0 amide bonds. The van der Waals surface area contributed by atoms with E-state index in [9.17, 15) is 5.11 Å². The fraction of sp³-hybridized carbons (Fsp3) is 0.286. The van der Waals surface area contributed by atoms with E-state index in [0.717, 1.165) is 17.8 Å². The molecule has 0 unspecified atom stereocenters. The Bertz CT molecular complexity index is 479. The zero-order chi connectivity index (χ0) is 12.3. The molecule has 1 N–H and O–H groups in total. The molecule has 0 fully saturated rings. The Balaban J connectivity index is 2.21. The molecule has 3 heteroatoms. The van der Waals surface area contributed by atoms with Gasteiger partial charge in [-0.1, -0.05) is 17.7 Å². The van der Waals surface area contributed by atoms with E-state index >= 15 is 0 Å². The van der Waals surface area contributed by atoms with Crippen LogP contribution in [-0.2, 0) is 13.2 Å². The number of hydrogen-bond acceptors (Lipinski definition) is 3. The summed E-state index contributed by atoms with van der Waals surface area (Å²) in [6.45, 7) is 3.01. The van der Waals surface area contributed by atoms with Crippen LogP contribution in [0.3, 0.4) is 0 Å². The van der Waals surface area contributed by atoms with Gasteiger partial charge >= 0.3 is 0 Å². The van der Waals surface area contributed by atoms with Crippen molar-refractivity contribution in [1.82, 2.24) is 0 Å². The predicted octanol–water partition coefficient (Wildman–Crippen LogP) is 3.19. The fourth-order valence-electron chi connectivity index (χ4n) is 1.95. The van der Waals surface area contributed by atoms with Crippen LogP contribution < -0.4 is 4.90 Å². The molecule has 0 radical (unpaired) electrons. The minimum atomic E-state index is 0.0883. The summed E-state index contributed by atoms with van der Waals surface area (Å²) >= 11 is 1.71. The minimum Gasteiger partial charge on any atom is -0.392 e. The van der Waals surface area contributed by atoms with Gasteiger partial charge < -0.3 is 10.0 Å². The molecule has 0 saturated heterocycles. The highest BCUT2D eigenvalue weighted by Crippen LogP contribution is 2.23. The van der Waals surface area contributed by atoms with Gasteiger partial charge in [-0.05, 0) is 35.4 Å². The van der Waals surface area contributed by atoms with Crippen molar-refractivity contribution in [2.24, 2.45) is 0 Å².